The number of amides is 4. The van der Waals surface area contributed by atoms with E-state index in [9.17, 15) is 18.8 Å². The average Bonchev–Trinajstić information content (AvgIpc) is 3.62. The van der Waals surface area contributed by atoms with Crippen molar-refractivity contribution in [2.75, 3.05) is 38.6 Å². The van der Waals surface area contributed by atoms with Crippen LogP contribution in [0.25, 0.3) is 0 Å². The van der Waals surface area contributed by atoms with E-state index >= 15 is 0 Å². The van der Waals surface area contributed by atoms with Crippen molar-refractivity contribution in [2.45, 2.75) is 51.2 Å². The first-order valence-electron chi connectivity index (χ1n) is 13.9. The van der Waals surface area contributed by atoms with Gasteiger partial charge in [0.05, 0.1) is 29.8 Å². The van der Waals surface area contributed by atoms with Gasteiger partial charge in [-0.05, 0) is 75.0 Å². The summed E-state index contributed by atoms with van der Waals surface area (Å²) in [6, 6.07) is 9.33. The van der Waals surface area contributed by atoms with Gasteiger partial charge in [-0.2, -0.15) is 4.37 Å². The number of rotatable bonds is 6. The van der Waals surface area contributed by atoms with E-state index in [1.54, 1.807) is 61.8 Å². The summed E-state index contributed by atoms with van der Waals surface area (Å²) >= 11 is 1.23. The summed E-state index contributed by atoms with van der Waals surface area (Å²) in [5.74, 6) is -0.141. The lowest BCUT2D eigenvalue weighted by Crippen LogP contribution is -2.61. The van der Waals surface area contributed by atoms with E-state index in [1.807, 2.05) is 6.07 Å². The third kappa shape index (κ3) is 6.41. The van der Waals surface area contributed by atoms with Crippen LogP contribution in [-0.2, 0) is 10.2 Å². The highest BCUT2D eigenvalue weighted by Gasteiger charge is 2.45. The van der Waals surface area contributed by atoms with Crippen LogP contribution in [0, 0.1) is 12.7 Å². The van der Waals surface area contributed by atoms with Gasteiger partial charge < -0.3 is 29.9 Å². The van der Waals surface area contributed by atoms with Gasteiger partial charge in [-0.3, -0.25) is 4.79 Å². The third-order valence-electron chi connectivity index (χ3n) is 7.64. The molecule has 1 atom stereocenters. The van der Waals surface area contributed by atoms with E-state index in [0.29, 0.717) is 53.6 Å². The highest BCUT2D eigenvalue weighted by Crippen LogP contribution is 2.42. The Bertz CT molecular complexity index is 1520. The molecule has 13 heteroatoms. The quantitative estimate of drug-likeness (QED) is 0.419. The number of urea groups is 1. The minimum Gasteiger partial charge on any atom is -0.497 e. The van der Waals surface area contributed by atoms with Crippen LogP contribution in [0.5, 0.6) is 5.75 Å². The fourth-order valence-electron chi connectivity index (χ4n) is 5.31. The van der Waals surface area contributed by atoms with Crippen molar-refractivity contribution < 1.29 is 28.2 Å². The van der Waals surface area contributed by atoms with Crippen LogP contribution in [0.3, 0.4) is 0 Å². The Hall–Kier alpha value is -4.26. The molecule has 0 unspecified atom stereocenters. The Morgan fingerprint density at radius 3 is 2.53 bits per heavy atom. The molecule has 0 aliphatic carbocycles. The zero-order valence-corrected chi connectivity index (χ0v) is 25.6. The van der Waals surface area contributed by atoms with Crippen molar-refractivity contribution >= 4 is 35.3 Å². The number of carbonyl (C=O) groups excluding carboxylic acids is 3. The first-order chi connectivity index (χ1) is 20.4. The molecule has 2 aliphatic heterocycles. The molecule has 2 fully saturated rings. The van der Waals surface area contributed by atoms with Gasteiger partial charge in [0.1, 0.15) is 28.5 Å². The number of benzene rings is 2. The van der Waals surface area contributed by atoms with Crippen LogP contribution in [0.1, 0.15) is 53.7 Å². The van der Waals surface area contributed by atoms with Crippen molar-refractivity contribution in [3.63, 3.8) is 0 Å². The van der Waals surface area contributed by atoms with Crippen LogP contribution < -0.4 is 15.4 Å². The average molecular weight is 611 g/mol. The van der Waals surface area contributed by atoms with Gasteiger partial charge in [0.2, 0.25) is 0 Å². The van der Waals surface area contributed by atoms with Crippen LogP contribution in [-0.4, -0.2) is 82.1 Å². The minimum absolute atomic E-state index is 0.236. The predicted molar refractivity (Wildman–Crippen MR) is 159 cm³/mol. The number of aromatic nitrogens is 2. The summed E-state index contributed by atoms with van der Waals surface area (Å²) in [4.78, 5) is 46.8. The van der Waals surface area contributed by atoms with Gasteiger partial charge in [0, 0.05) is 32.2 Å². The zero-order valence-electron chi connectivity index (χ0n) is 24.8. The summed E-state index contributed by atoms with van der Waals surface area (Å²) in [7, 11) is 1.50. The molecule has 2 aromatic carbocycles. The lowest BCUT2D eigenvalue weighted by atomic mass is 9.80. The first kappa shape index (κ1) is 30.2. The van der Waals surface area contributed by atoms with Crippen molar-refractivity contribution in [1.29, 1.82) is 0 Å². The molecule has 2 N–H and O–H groups in total. The van der Waals surface area contributed by atoms with Gasteiger partial charge in [-0.25, -0.2) is 19.0 Å². The second-order valence-electron chi connectivity index (χ2n) is 11.9. The zero-order chi connectivity index (χ0) is 30.9. The smallest absolute Gasteiger partial charge is 0.407 e. The van der Waals surface area contributed by atoms with E-state index in [1.165, 1.54) is 31.0 Å². The summed E-state index contributed by atoms with van der Waals surface area (Å²) in [6.07, 6.45) is 1.46. The van der Waals surface area contributed by atoms with E-state index in [0.717, 1.165) is 5.56 Å². The molecule has 11 nitrogen and oxygen atoms in total. The number of anilines is 1. The number of nitrogens with one attached hydrogen (secondary N) is 2. The van der Waals surface area contributed by atoms with E-state index in [-0.39, 0.29) is 24.3 Å². The molecule has 0 bridgehead atoms. The Kier molecular flexibility index (Phi) is 8.28. The van der Waals surface area contributed by atoms with Gasteiger partial charge >= 0.3 is 12.1 Å². The fourth-order valence-corrected chi connectivity index (χ4v) is 6.05. The summed E-state index contributed by atoms with van der Waals surface area (Å²) in [6.45, 7) is 8.31. The number of hydrogen-bond donors (Lipinski definition) is 2. The molecule has 3 aromatic rings. The minimum atomic E-state index is -0.714. The predicted octanol–water partition coefficient (Wildman–Crippen LogP) is 4.57. The number of carbonyl (C=O) groups is 3. The second-order valence-corrected chi connectivity index (χ2v) is 12.6. The molecule has 0 saturated carbocycles. The highest BCUT2D eigenvalue weighted by atomic mass is 32.1. The lowest BCUT2D eigenvalue weighted by molar-refractivity contribution is 0.0359. The number of methoxy groups -OCH3 is 1. The standard InChI is InChI=1S/C30H35FN6O5S/c1-18-6-7-19(12-23(18)31)30(26-32-17-33-43-26)10-11-36(16-30)27(39)35-24-13-21(41-5)8-9-22(24)25(38)37-14-20(15-37)34-28(40)42-29(2,3)4/h6-9,12-13,17,20H,10-11,14-16H2,1-5H3,(H,34,40)(H,35,39)/t30-/m0/s1. The Balaban J connectivity index is 1.31. The van der Waals surface area contributed by atoms with Crippen LogP contribution in [0.4, 0.5) is 19.7 Å². The van der Waals surface area contributed by atoms with E-state index in [4.69, 9.17) is 9.47 Å². The monoisotopic (exact) mass is 610 g/mol. The molecule has 5 rings (SSSR count). The fraction of sp³-hybridized carbons (Fsp3) is 0.433. The molecule has 2 saturated heterocycles. The molecule has 3 heterocycles. The molecule has 0 spiro atoms. The maximum atomic E-state index is 14.6. The molecular formula is C30H35FN6O5S. The number of aryl methyl sites for hydroxylation is 1. The Morgan fingerprint density at radius 2 is 1.88 bits per heavy atom. The molecule has 2 aliphatic rings. The molecule has 1 aromatic heterocycles. The maximum absolute atomic E-state index is 14.6. The number of nitrogens with zero attached hydrogens (tertiary/aromatic N) is 4. The van der Waals surface area contributed by atoms with Crippen molar-refractivity contribution in [1.82, 2.24) is 24.5 Å². The number of ether oxygens (including phenoxy) is 2. The van der Waals surface area contributed by atoms with Crippen LogP contribution in [0.2, 0.25) is 0 Å². The third-order valence-corrected chi connectivity index (χ3v) is 8.51. The van der Waals surface area contributed by atoms with Crippen molar-refractivity contribution in [3.05, 3.63) is 70.2 Å². The Morgan fingerprint density at radius 1 is 1.12 bits per heavy atom. The molecular weight excluding hydrogens is 575 g/mol. The lowest BCUT2D eigenvalue weighted by Gasteiger charge is -2.40. The SMILES string of the molecule is COc1ccc(C(=O)N2CC(NC(=O)OC(C)(C)C)C2)c(NC(=O)N2CC[C@](c3ccc(C)c(F)c3)(c3ncns3)C2)c1. The Labute approximate surface area is 253 Å². The first-order valence-corrected chi connectivity index (χ1v) is 14.7. The summed E-state index contributed by atoms with van der Waals surface area (Å²) < 4.78 is 29.4. The summed E-state index contributed by atoms with van der Waals surface area (Å²) in [5, 5.41) is 6.37. The number of likely N-dealkylation sites (tertiary alicyclic amines) is 2. The van der Waals surface area contributed by atoms with Crippen molar-refractivity contribution in [2.24, 2.45) is 0 Å². The van der Waals surface area contributed by atoms with Gasteiger partial charge in [-0.15, -0.1) is 0 Å². The topological polar surface area (TPSA) is 126 Å². The summed E-state index contributed by atoms with van der Waals surface area (Å²) in [5.41, 5.74) is 0.517. The maximum Gasteiger partial charge on any atom is 0.407 e. The van der Waals surface area contributed by atoms with E-state index in [2.05, 4.69) is 20.0 Å². The molecule has 0 radical (unpaired) electrons. The molecule has 228 valence electrons. The van der Waals surface area contributed by atoms with Crippen molar-refractivity contribution in [3.8, 4) is 5.75 Å². The highest BCUT2D eigenvalue weighted by molar-refractivity contribution is 7.05. The van der Waals surface area contributed by atoms with Gasteiger partial charge in [-0.1, -0.05) is 12.1 Å². The second kappa shape index (κ2) is 11.8. The normalized spacial score (nSPS) is 18.7. The molecule has 4 amide bonds. The van der Waals surface area contributed by atoms with Crippen LogP contribution >= 0.6 is 11.5 Å². The largest absolute Gasteiger partial charge is 0.497 e. The molecule has 43 heavy (non-hydrogen) atoms. The van der Waals surface area contributed by atoms with E-state index < -0.39 is 23.1 Å². The number of halogens is 1. The van der Waals surface area contributed by atoms with Crippen LogP contribution in [0.15, 0.2) is 42.7 Å². The number of alkyl carbamates (subject to hydrolysis) is 1. The van der Waals surface area contributed by atoms with Gasteiger partial charge in [0.25, 0.3) is 5.91 Å². The van der Waals surface area contributed by atoms with Gasteiger partial charge in [0.15, 0.2) is 0 Å². The number of hydrogen-bond acceptors (Lipinski definition) is 8.